The third-order valence-corrected chi connectivity index (χ3v) is 8.49. The summed E-state index contributed by atoms with van der Waals surface area (Å²) in [5.74, 6) is -0.914. The van der Waals surface area contributed by atoms with Crippen molar-refractivity contribution in [1.29, 1.82) is 0 Å². The molecule has 1 heterocycles. The number of rotatable bonds is 11. The van der Waals surface area contributed by atoms with Crippen molar-refractivity contribution in [2.24, 2.45) is 0 Å². The number of sulfonamides is 1. The highest BCUT2D eigenvalue weighted by atomic mass is 32.2. The van der Waals surface area contributed by atoms with Gasteiger partial charge in [-0.05, 0) is 47.5 Å². The number of halogens is 1. The molecule has 9 nitrogen and oxygen atoms in total. The minimum Gasteiger partial charge on any atom is -0.484 e. The molecule has 4 rings (SSSR count). The molecule has 0 radical (unpaired) electrons. The molecule has 0 saturated carbocycles. The minimum atomic E-state index is -3.66. The van der Waals surface area contributed by atoms with E-state index in [2.05, 4.69) is 5.32 Å². The molecule has 0 aromatic heterocycles. The summed E-state index contributed by atoms with van der Waals surface area (Å²) in [5, 5.41) is 2.63. The zero-order valence-corrected chi connectivity index (χ0v) is 23.0. The fraction of sp³-hybridized carbons (Fsp3) is 0.310. The van der Waals surface area contributed by atoms with E-state index in [0.717, 1.165) is 5.56 Å². The van der Waals surface area contributed by atoms with Gasteiger partial charge in [0.2, 0.25) is 15.9 Å². The van der Waals surface area contributed by atoms with E-state index in [9.17, 15) is 22.4 Å². The van der Waals surface area contributed by atoms with Crippen LogP contribution in [0.25, 0.3) is 0 Å². The molecule has 40 heavy (non-hydrogen) atoms. The molecule has 1 N–H and O–H groups in total. The SMILES string of the molecule is CNC(=O)[C@H](Cc1ccccc1)N(Cc1ccc(F)cc1)C(=O)COc1ccc(S(=O)(=O)N2CCOCC2)cc1. The van der Waals surface area contributed by atoms with Crippen LogP contribution in [0.4, 0.5) is 4.39 Å². The molecule has 0 bridgehead atoms. The molecule has 1 atom stereocenters. The summed E-state index contributed by atoms with van der Waals surface area (Å²) in [5.41, 5.74) is 1.51. The molecule has 1 fully saturated rings. The third-order valence-electron chi connectivity index (χ3n) is 6.58. The normalized spacial score (nSPS) is 14.8. The van der Waals surface area contributed by atoms with Gasteiger partial charge in [-0.15, -0.1) is 0 Å². The first-order valence-electron chi connectivity index (χ1n) is 12.9. The van der Waals surface area contributed by atoms with Crippen molar-refractivity contribution in [3.05, 3.63) is 95.8 Å². The Bertz CT molecular complexity index is 1380. The molecule has 212 valence electrons. The Morgan fingerprint density at radius 1 is 0.975 bits per heavy atom. The van der Waals surface area contributed by atoms with Crippen LogP contribution in [-0.4, -0.2) is 75.4 Å². The summed E-state index contributed by atoms with van der Waals surface area (Å²) in [4.78, 5) is 28.0. The summed E-state index contributed by atoms with van der Waals surface area (Å²) in [7, 11) is -2.16. The van der Waals surface area contributed by atoms with E-state index in [1.807, 2.05) is 30.3 Å². The molecule has 0 unspecified atom stereocenters. The number of nitrogens with one attached hydrogen (secondary N) is 1. The molecule has 0 spiro atoms. The second-order valence-corrected chi connectivity index (χ2v) is 11.2. The van der Waals surface area contributed by atoms with Crippen LogP contribution in [0.2, 0.25) is 0 Å². The van der Waals surface area contributed by atoms with Gasteiger partial charge in [0.05, 0.1) is 18.1 Å². The predicted octanol–water partition coefficient (Wildman–Crippen LogP) is 2.61. The fourth-order valence-electron chi connectivity index (χ4n) is 4.38. The van der Waals surface area contributed by atoms with E-state index in [1.165, 1.54) is 52.7 Å². The first-order chi connectivity index (χ1) is 19.3. The Labute approximate surface area is 233 Å². The van der Waals surface area contributed by atoms with Crippen LogP contribution in [0, 0.1) is 5.82 Å². The maximum atomic E-state index is 13.5. The number of hydrogen-bond acceptors (Lipinski definition) is 6. The topological polar surface area (TPSA) is 105 Å². The summed E-state index contributed by atoms with van der Waals surface area (Å²) in [6.45, 7) is 0.933. The Morgan fingerprint density at radius 3 is 2.25 bits per heavy atom. The molecule has 11 heteroatoms. The van der Waals surface area contributed by atoms with Gasteiger partial charge in [0, 0.05) is 33.1 Å². The summed E-state index contributed by atoms with van der Waals surface area (Å²) >= 11 is 0. The van der Waals surface area contributed by atoms with Gasteiger partial charge in [0.1, 0.15) is 17.6 Å². The van der Waals surface area contributed by atoms with E-state index < -0.39 is 27.8 Å². The first kappa shape index (κ1) is 29.2. The molecule has 1 aliphatic heterocycles. The van der Waals surface area contributed by atoms with E-state index in [-0.39, 0.29) is 43.5 Å². The van der Waals surface area contributed by atoms with Crippen LogP contribution < -0.4 is 10.1 Å². The zero-order valence-electron chi connectivity index (χ0n) is 22.2. The van der Waals surface area contributed by atoms with E-state index in [4.69, 9.17) is 9.47 Å². The molecule has 3 aromatic rings. The molecule has 1 saturated heterocycles. The van der Waals surface area contributed by atoms with E-state index in [1.54, 1.807) is 12.1 Å². The lowest BCUT2D eigenvalue weighted by Gasteiger charge is -2.31. The van der Waals surface area contributed by atoms with Crippen LogP contribution in [0.15, 0.2) is 83.8 Å². The van der Waals surface area contributed by atoms with Gasteiger partial charge in [0.25, 0.3) is 5.91 Å². The van der Waals surface area contributed by atoms with Crippen molar-refractivity contribution in [2.45, 2.75) is 23.9 Å². The van der Waals surface area contributed by atoms with E-state index >= 15 is 0 Å². The molecule has 0 aliphatic carbocycles. The third kappa shape index (κ3) is 7.44. The number of amides is 2. The van der Waals surface area contributed by atoms with Crippen LogP contribution >= 0.6 is 0 Å². The number of hydrogen-bond donors (Lipinski definition) is 1. The van der Waals surface area contributed by atoms with Crippen molar-refractivity contribution in [3.63, 3.8) is 0 Å². The highest BCUT2D eigenvalue weighted by Gasteiger charge is 2.30. The average molecular weight is 570 g/mol. The number of nitrogens with zero attached hydrogens (tertiary/aromatic N) is 2. The number of likely N-dealkylation sites (N-methyl/N-ethyl adjacent to an activating group) is 1. The van der Waals surface area contributed by atoms with Gasteiger partial charge in [-0.3, -0.25) is 9.59 Å². The van der Waals surface area contributed by atoms with Gasteiger partial charge in [-0.2, -0.15) is 4.31 Å². The van der Waals surface area contributed by atoms with Crippen molar-refractivity contribution in [1.82, 2.24) is 14.5 Å². The summed E-state index contributed by atoms with van der Waals surface area (Å²) in [6, 6.07) is 20.0. The summed E-state index contributed by atoms with van der Waals surface area (Å²) in [6.07, 6.45) is 0.265. The Morgan fingerprint density at radius 2 is 1.62 bits per heavy atom. The molecule has 3 aromatic carbocycles. The predicted molar refractivity (Wildman–Crippen MR) is 146 cm³/mol. The van der Waals surface area contributed by atoms with Crippen LogP contribution in [0.1, 0.15) is 11.1 Å². The number of carbonyl (C=O) groups is 2. The second kappa shape index (κ2) is 13.5. The lowest BCUT2D eigenvalue weighted by atomic mass is 10.0. The number of benzene rings is 3. The van der Waals surface area contributed by atoms with Gasteiger partial charge >= 0.3 is 0 Å². The minimum absolute atomic E-state index is 0.0596. The molecule has 1 aliphatic rings. The highest BCUT2D eigenvalue weighted by Crippen LogP contribution is 2.21. The Balaban J connectivity index is 1.51. The molecule has 2 amide bonds. The van der Waals surface area contributed by atoms with Gasteiger partial charge in [-0.1, -0.05) is 42.5 Å². The second-order valence-electron chi connectivity index (χ2n) is 9.24. The Hall–Kier alpha value is -3.80. The summed E-state index contributed by atoms with van der Waals surface area (Å²) < 4.78 is 51.6. The largest absolute Gasteiger partial charge is 0.484 e. The lowest BCUT2D eigenvalue weighted by molar-refractivity contribution is -0.142. The molecular weight excluding hydrogens is 537 g/mol. The van der Waals surface area contributed by atoms with Gasteiger partial charge in [-0.25, -0.2) is 12.8 Å². The van der Waals surface area contributed by atoms with Gasteiger partial charge < -0.3 is 19.7 Å². The fourth-order valence-corrected chi connectivity index (χ4v) is 5.79. The van der Waals surface area contributed by atoms with Crippen molar-refractivity contribution < 1.29 is 31.9 Å². The maximum Gasteiger partial charge on any atom is 0.261 e. The van der Waals surface area contributed by atoms with Gasteiger partial charge in [0.15, 0.2) is 6.61 Å². The number of morpholine rings is 1. The smallest absolute Gasteiger partial charge is 0.261 e. The average Bonchev–Trinajstić information content (AvgIpc) is 2.99. The van der Waals surface area contributed by atoms with Crippen molar-refractivity contribution in [2.75, 3.05) is 40.0 Å². The Kier molecular flexibility index (Phi) is 9.86. The highest BCUT2D eigenvalue weighted by molar-refractivity contribution is 7.89. The van der Waals surface area contributed by atoms with Crippen molar-refractivity contribution in [3.8, 4) is 5.75 Å². The number of carbonyl (C=O) groups excluding carboxylic acids is 2. The van der Waals surface area contributed by atoms with Crippen molar-refractivity contribution >= 4 is 21.8 Å². The standard InChI is InChI=1S/C29H32FN3O6S/c1-31-29(35)27(19-22-5-3-2-4-6-22)33(20-23-7-9-24(30)10-8-23)28(34)21-39-25-11-13-26(14-12-25)40(36,37)32-15-17-38-18-16-32/h2-14,27H,15-21H2,1H3,(H,31,35)/t27-/m0/s1. The van der Waals surface area contributed by atoms with Crippen LogP contribution in [0.5, 0.6) is 5.75 Å². The molecular formula is C29H32FN3O6S. The first-order valence-corrected chi connectivity index (χ1v) is 14.3. The van der Waals surface area contributed by atoms with E-state index in [0.29, 0.717) is 24.5 Å². The maximum absolute atomic E-state index is 13.5. The van der Waals surface area contributed by atoms with Crippen LogP contribution in [-0.2, 0) is 37.3 Å². The zero-order chi connectivity index (χ0) is 28.5. The quantitative estimate of drug-likeness (QED) is 0.381. The van der Waals surface area contributed by atoms with Crippen LogP contribution in [0.3, 0.4) is 0 Å². The number of ether oxygens (including phenoxy) is 2. The monoisotopic (exact) mass is 569 g/mol. The lowest BCUT2D eigenvalue weighted by Crippen LogP contribution is -2.51.